The lowest BCUT2D eigenvalue weighted by atomic mass is 9.82. The van der Waals surface area contributed by atoms with Crippen molar-refractivity contribution in [3.05, 3.63) is 145 Å². The second-order valence-corrected chi connectivity index (χ2v) is 12.3. The number of fused-ring (bicyclic) bond motifs is 7. The van der Waals surface area contributed by atoms with Crippen molar-refractivity contribution in [1.29, 1.82) is 0 Å². The molecule has 0 unspecified atom stereocenters. The molecule has 46 heavy (non-hydrogen) atoms. The van der Waals surface area contributed by atoms with Crippen molar-refractivity contribution in [2.75, 3.05) is 0 Å². The summed E-state index contributed by atoms with van der Waals surface area (Å²) in [6, 6.07) is 43.8. The Hall–Kier alpha value is -5.94. The molecule has 0 radical (unpaired) electrons. The van der Waals surface area contributed by atoms with Gasteiger partial charge in [-0.3, -0.25) is 4.98 Å². The number of pyridine rings is 1. The van der Waals surface area contributed by atoms with E-state index >= 15 is 0 Å². The zero-order valence-corrected chi connectivity index (χ0v) is 25.4. The number of benzene rings is 5. The molecule has 5 aromatic carbocycles. The Balaban J connectivity index is 1.11. The van der Waals surface area contributed by atoms with Crippen LogP contribution < -0.4 is 0 Å². The zero-order chi connectivity index (χ0) is 30.8. The Bertz CT molecular complexity index is 2370. The lowest BCUT2D eigenvalue weighted by Crippen LogP contribution is -2.15. The van der Waals surface area contributed by atoms with Gasteiger partial charge in [-0.05, 0) is 58.1 Å². The molecule has 0 amide bonds. The Morgan fingerprint density at radius 2 is 1.17 bits per heavy atom. The third kappa shape index (κ3) is 4.09. The molecule has 1 aliphatic carbocycles. The third-order valence-corrected chi connectivity index (χ3v) is 9.19. The van der Waals surface area contributed by atoms with Crippen LogP contribution in [0.1, 0.15) is 25.0 Å². The van der Waals surface area contributed by atoms with Crippen LogP contribution in [-0.2, 0) is 5.41 Å². The van der Waals surface area contributed by atoms with Gasteiger partial charge >= 0.3 is 0 Å². The first-order valence-corrected chi connectivity index (χ1v) is 15.5. The molecular weight excluding hydrogens is 564 g/mol. The standard InChI is InChI=1S/C41H28N4O/c1-41(2)33-13-7-6-12-29(33)31-21-22-32-30-20-19-28(24-35(30)46-37(32)36(31)41)25-15-17-27(18-16-25)39-43-38(26-10-4-3-5-11-26)44-40(45-39)34-14-8-9-23-42-34/h3-24H,1-2H3. The molecule has 218 valence electrons. The highest BCUT2D eigenvalue weighted by molar-refractivity contribution is 6.09. The molecule has 0 bridgehead atoms. The third-order valence-electron chi connectivity index (χ3n) is 9.19. The van der Waals surface area contributed by atoms with E-state index in [1.54, 1.807) is 6.20 Å². The van der Waals surface area contributed by atoms with E-state index in [4.69, 9.17) is 19.4 Å². The predicted molar refractivity (Wildman–Crippen MR) is 184 cm³/mol. The van der Waals surface area contributed by atoms with E-state index < -0.39 is 0 Å². The minimum absolute atomic E-state index is 0.135. The van der Waals surface area contributed by atoms with Crippen LogP contribution in [0.3, 0.4) is 0 Å². The number of furan rings is 1. The zero-order valence-electron chi connectivity index (χ0n) is 25.4. The van der Waals surface area contributed by atoms with Gasteiger partial charge in [0.2, 0.25) is 0 Å². The summed E-state index contributed by atoms with van der Waals surface area (Å²) in [6.45, 7) is 4.60. The molecule has 3 heterocycles. The van der Waals surface area contributed by atoms with Gasteiger partial charge in [0.1, 0.15) is 16.9 Å². The molecule has 9 rings (SSSR count). The summed E-state index contributed by atoms with van der Waals surface area (Å²) in [6.07, 6.45) is 1.75. The Kier molecular flexibility index (Phi) is 5.78. The first-order chi connectivity index (χ1) is 22.5. The van der Waals surface area contributed by atoms with Crippen molar-refractivity contribution in [1.82, 2.24) is 19.9 Å². The molecule has 5 heteroatoms. The minimum atomic E-state index is -0.135. The van der Waals surface area contributed by atoms with Gasteiger partial charge in [-0.25, -0.2) is 15.0 Å². The summed E-state index contributed by atoms with van der Waals surface area (Å²) >= 11 is 0. The first-order valence-electron chi connectivity index (χ1n) is 15.5. The molecule has 0 saturated heterocycles. The highest BCUT2D eigenvalue weighted by atomic mass is 16.3. The van der Waals surface area contributed by atoms with E-state index in [0.717, 1.165) is 44.2 Å². The van der Waals surface area contributed by atoms with Crippen LogP contribution in [-0.4, -0.2) is 19.9 Å². The fourth-order valence-corrected chi connectivity index (χ4v) is 6.90. The second kappa shape index (κ2) is 10.0. The highest BCUT2D eigenvalue weighted by Gasteiger charge is 2.38. The smallest absolute Gasteiger partial charge is 0.182 e. The highest BCUT2D eigenvalue weighted by Crippen LogP contribution is 2.52. The fraction of sp³-hybridized carbons (Fsp3) is 0.0732. The van der Waals surface area contributed by atoms with Crippen molar-refractivity contribution in [2.45, 2.75) is 19.3 Å². The van der Waals surface area contributed by atoms with Crippen LogP contribution in [0, 0.1) is 0 Å². The van der Waals surface area contributed by atoms with E-state index in [9.17, 15) is 0 Å². The van der Waals surface area contributed by atoms with Crippen molar-refractivity contribution in [3.8, 4) is 56.5 Å². The van der Waals surface area contributed by atoms with Crippen LogP contribution >= 0.6 is 0 Å². The summed E-state index contributed by atoms with van der Waals surface area (Å²) in [7, 11) is 0. The molecule has 0 saturated carbocycles. The van der Waals surface area contributed by atoms with Crippen molar-refractivity contribution in [2.24, 2.45) is 0 Å². The van der Waals surface area contributed by atoms with E-state index in [2.05, 4.69) is 97.7 Å². The van der Waals surface area contributed by atoms with Gasteiger partial charge in [0.25, 0.3) is 0 Å². The molecule has 0 spiro atoms. The van der Waals surface area contributed by atoms with E-state index in [-0.39, 0.29) is 5.41 Å². The van der Waals surface area contributed by atoms with Crippen molar-refractivity contribution >= 4 is 21.9 Å². The lowest BCUT2D eigenvalue weighted by molar-refractivity contribution is 0.620. The average Bonchev–Trinajstić information content (AvgIpc) is 3.60. The molecule has 0 fully saturated rings. The summed E-state index contributed by atoms with van der Waals surface area (Å²) < 4.78 is 6.69. The number of rotatable bonds is 4. The maximum atomic E-state index is 6.69. The number of aromatic nitrogens is 4. The van der Waals surface area contributed by atoms with Gasteiger partial charge in [-0.15, -0.1) is 0 Å². The minimum Gasteiger partial charge on any atom is -0.456 e. The number of nitrogens with zero attached hydrogens (tertiary/aromatic N) is 4. The monoisotopic (exact) mass is 592 g/mol. The Morgan fingerprint density at radius 1 is 0.522 bits per heavy atom. The van der Waals surface area contributed by atoms with Crippen molar-refractivity contribution < 1.29 is 4.42 Å². The predicted octanol–water partition coefficient (Wildman–Crippen LogP) is 10.1. The molecule has 0 aliphatic heterocycles. The van der Waals surface area contributed by atoms with Crippen LogP contribution in [0.2, 0.25) is 0 Å². The Morgan fingerprint density at radius 3 is 1.96 bits per heavy atom. The summed E-state index contributed by atoms with van der Waals surface area (Å²) in [5.74, 6) is 1.76. The largest absolute Gasteiger partial charge is 0.456 e. The quantitative estimate of drug-likeness (QED) is 0.203. The van der Waals surface area contributed by atoms with Gasteiger partial charge in [0, 0.05) is 39.1 Å². The summed E-state index contributed by atoms with van der Waals surface area (Å²) in [5, 5.41) is 2.29. The average molecular weight is 593 g/mol. The van der Waals surface area contributed by atoms with E-state index in [0.29, 0.717) is 23.2 Å². The molecule has 3 aromatic heterocycles. The van der Waals surface area contributed by atoms with E-state index in [1.165, 1.54) is 22.3 Å². The van der Waals surface area contributed by atoms with Crippen LogP contribution in [0.4, 0.5) is 0 Å². The molecule has 0 atom stereocenters. The normalized spacial score (nSPS) is 13.2. The molecule has 5 nitrogen and oxygen atoms in total. The molecule has 8 aromatic rings. The molecular formula is C41H28N4O. The van der Waals surface area contributed by atoms with Crippen molar-refractivity contribution in [3.63, 3.8) is 0 Å². The van der Waals surface area contributed by atoms with E-state index in [1.807, 2.05) is 48.5 Å². The molecule has 0 N–H and O–H groups in total. The van der Waals surface area contributed by atoms with Crippen LogP contribution in [0.15, 0.2) is 138 Å². The van der Waals surface area contributed by atoms with Crippen LogP contribution in [0.5, 0.6) is 0 Å². The van der Waals surface area contributed by atoms with Crippen LogP contribution in [0.25, 0.3) is 78.5 Å². The summed E-state index contributed by atoms with van der Waals surface area (Å²) in [4.78, 5) is 18.9. The number of hydrogen-bond donors (Lipinski definition) is 0. The maximum absolute atomic E-state index is 6.69. The van der Waals surface area contributed by atoms with Gasteiger partial charge in [0.05, 0.1) is 0 Å². The Labute approximate surface area is 266 Å². The van der Waals surface area contributed by atoms with Gasteiger partial charge in [0.15, 0.2) is 17.5 Å². The van der Waals surface area contributed by atoms with Gasteiger partial charge in [-0.2, -0.15) is 0 Å². The fourth-order valence-electron chi connectivity index (χ4n) is 6.90. The molecule has 1 aliphatic rings. The SMILES string of the molecule is CC1(C)c2ccccc2-c2ccc3c(oc4cc(-c5ccc(-c6nc(-c7ccccc7)nc(-c7ccccn7)n6)cc5)ccc43)c21. The first kappa shape index (κ1) is 26.5. The maximum Gasteiger partial charge on any atom is 0.182 e. The second-order valence-electron chi connectivity index (χ2n) is 12.3. The topological polar surface area (TPSA) is 64.7 Å². The van der Waals surface area contributed by atoms with Gasteiger partial charge < -0.3 is 4.42 Å². The summed E-state index contributed by atoms with van der Waals surface area (Å²) in [5.41, 5.74) is 11.6. The van der Waals surface area contributed by atoms with Gasteiger partial charge in [-0.1, -0.05) is 111 Å². The number of hydrogen-bond acceptors (Lipinski definition) is 5. The lowest BCUT2D eigenvalue weighted by Gasteiger charge is -2.21.